The Kier molecular flexibility index (Phi) is 3.83. The minimum Gasteiger partial charge on any atom is -0.345 e. The van der Waals surface area contributed by atoms with Crippen LogP contribution in [0.1, 0.15) is 31.2 Å². The van der Waals surface area contributed by atoms with E-state index in [4.69, 9.17) is 0 Å². The van der Waals surface area contributed by atoms with Gasteiger partial charge in [-0.1, -0.05) is 13.0 Å². The number of hydrogen-bond donors (Lipinski definition) is 1. The summed E-state index contributed by atoms with van der Waals surface area (Å²) in [6, 6.07) is 4.15. The van der Waals surface area contributed by atoms with E-state index in [1.165, 1.54) is 12.1 Å². The van der Waals surface area contributed by atoms with Gasteiger partial charge in [0.25, 0.3) is 0 Å². The van der Waals surface area contributed by atoms with E-state index >= 15 is 0 Å². The third kappa shape index (κ3) is 2.75. The number of rotatable bonds is 3. The number of carbonyl (C=O) groups is 2. The van der Waals surface area contributed by atoms with Crippen LogP contribution in [0.2, 0.25) is 0 Å². The van der Waals surface area contributed by atoms with E-state index in [0.29, 0.717) is 17.8 Å². The molecule has 2 rings (SSSR count). The van der Waals surface area contributed by atoms with Crippen LogP contribution in [0.25, 0.3) is 0 Å². The van der Waals surface area contributed by atoms with Crippen molar-refractivity contribution in [2.45, 2.75) is 25.7 Å². The van der Waals surface area contributed by atoms with E-state index in [9.17, 15) is 14.0 Å². The lowest BCUT2D eigenvalue weighted by Crippen LogP contribution is -2.36. The fourth-order valence-electron chi connectivity index (χ4n) is 2.37. The highest BCUT2D eigenvalue weighted by Crippen LogP contribution is 2.33. The average Bonchev–Trinajstić information content (AvgIpc) is 2.36. The van der Waals surface area contributed by atoms with Gasteiger partial charge in [0.15, 0.2) is 0 Å². The normalized spacial score (nSPS) is 17.6. The first kappa shape index (κ1) is 13.5. The molecule has 0 radical (unpaired) electrons. The van der Waals surface area contributed by atoms with Gasteiger partial charge in [-0.25, -0.2) is 4.39 Å². The van der Waals surface area contributed by atoms with E-state index < -0.39 is 11.7 Å². The Morgan fingerprint density at radius 3 is 2.95 bits per heavy atom. The van der Waals surface area contributed by atoms with Crippen LogP contribution in [0.5, 0.6) is 0 Å². The second-order valence-electron chi connectivity index (χ2n) is 4.80. The van der Waals surface area contributed by atoms with Gasteiger partial charge in [-0.05, 0) is 24.1 Å². The minimum atomic E-state index is -0.513. The van der Waals surface area contributed by atoms with Gasteiger partial charge in [-0.15, -0.1) is 0 Å². The predicted molar refractivity (Wildman–Crippen MR) is 70.3 cm³/mol. The molecule has 2 amide bonds. The van der Waals surface area contributed by atoms with E-state index in [-0.39, 0.29) is 18.2 Å². The van der Waals surface area contributed by atoms with Crippen molar-refractivity contribution in [2.75, 3.05) is 18.9 Å². The van der Waals surface area contributed by atoms with E-state index in [0.717, 1.165) is 6.42 Å². The minimum absolute atomic E-state index is 0.0930. The first-order chi connectivity index (χ1) is 9.02. The largest absolute Gasteiger partial charge is 0.345 e. The summed E-state index contributed by atoms with van der Waals surface area (Å²) in [5.74, 6) is -1.28. The molecule has 0 saturated heterocycles. The van der Waals surface area contributed by atoms with Gasteiger partial charge < -0.3 is 10.2 Å². The molecule has 1 heterocycles. The molecule has 0 aromatic heterocycles. The van der Waals surface area contributed by atoms with Gasteiger partial charge in [0, 0.05) is 25.7 Å². The van der Waals surface area contributed by atoms with Crippen molar-refractivity contribution in [3.63, 3.8) is 0 Å². The molecular formula is C14H17FN2O2. The first-order valence-corrected chi connectivity index (χ1v) is 6.37. The predicted octanol–water partition coefficient (Wildman–Crippen LogP) is 2.12. The summed E-state index contributed by atoms with van der Waals surface area (Å²) >= 11 is 0. The van der Waals surface area contributed by atoms with Crippen molar-refractivity contribution in [1.82, 2.24) is 4.90 Å². The summed E-state index contributed by atoms with van der Waals surface area (Å²) < 4.78 is 13.2. The SMILES string of the molecule is CCCN(C)C(=O)C1CC(=O)Nc2cc(F)ccc21. The fourth-order valence-corrected chi connectivity index (χ4v) is 2.37. The van der Waals surface area contributed by atoms with Gasteiger partial charge >= 0.3 is 0 Å². The summed E-state index contributed by atoms with van der Waals surface area (Å²) in [7, 11) is 1.72. The van der Waals surface area contributed by atoms with Crippen LogP contribution < -0.4 is 5.32 Å². The lowest BCUT2D eigenvalue weighted by molar-refractivity contribution is -0.133. The highest BCUT2D eigenvalue weighted by Gasteiger charge is 2.32. The van der Waals surface area contributed by atoms with Crippen molar-refractivity contribution in [2.24, 2.45) is 0 Å². The summed E-state index contributed by atoms with van der Waals surface area (Å²) in [5.41, 5.74) is 1.09. The highest BCUT2D eigenvalue weighted by atomic mass is 19.1. The molecule has 1 aromatic carbocycles. The Hall–Kier alpha value is -1.91. The summed E-state index contributed by atoms with van der Waals surface area (Å²) in [4.78, 5) is 25.6. The molecule has 0 saturated carbocycles. The molecule has 0 fully saturated rings. The molecule has 19 heavy (non-hydrogen) atoms. The Labute approximate surface area is 111 Å². The number of nitrogens with one attached hydrogen (secondary N) is 1. The van der Waals surface area contributed by atoms with Crippen molar-refractivity contribution in [3.8, 4) is 0 Å². The summed E-state index contributed by atoms with van der Waals surface area (Å²) in [6.45, 7) is 2.63. The third-order valence-electron chi connectivity index (χ3n) is 3.29. The maximum absolute atomic E-state index is 13.2. The zero-order chi connectivity index (χ0) is 14.0. The molecular weight excluding hydrogens is 247 g/mol. The zero-order valence-electron chi connectivity index (χ0n) is 11.1. The third-order valence-corrected chi connectivity index (χ3v) is 3.29. The maximum Gasteiger partial charge on any atom is 0.230 e. The zero-order valence-corrected chi connectivity index (χ0v) is 11.1. The van der Waals surface area contributed by atoms with E-state index in [1.807, 2.05) is 6.92 Å². The smallest absolute Gasteiger partial charge is 0.230 e. The molecule has 1 aromatic rings. The van der Waals surface area contributed by atoms with Crippen molar-refractivity contribution in [3.05, 3.63) is 29.6 Å². The van der Waals surface area contributed by atoms with Gasteiger partial charge in [0.1, 0.15) is 5.82 Å². The molecule has 0 aliphatic carbocycles. The number of benzene rings is 1. The lowest BCUT2D eigenvalue weighted by Gasteiger charge is -2.28. The average molecular weight is 264 g/mol. The Morgan fingerprint density at radius 2 is 2.26 bits per heavy atom. The molecule has 0 bridgehead atoms. The standard InChI is InChI=1S/C14H17FN2O2/c1-3-6-17(2)14(19)11-8-13(18)16-12-7-9(15)4-5-10(11)12/h4-5,7,11H,3,6,8H2,1-2H3,(H,16,18). The van der Waals surface area contributed by atoms with Crippen LogP contribution in [0.4, 0.5) is 10.1 Å². The highest BCUT2D eigenvalue weighted by molar-refractivity contribution is 6.01. The van der Waals surface area contributed by atoms with Gasteiger partial charge in [0.2, 0.25) is 11.8 Å². The molecule has 0 spiro atoms. The number of anilines is 1. The van der Waals surface area contributed by atoms with Crippen LogP contribution in [0.15, 0.2) is 18.2 Å². The van der Waals surface area contributed by atoms with Gasteiger partial charge in [0.05, 0.1) is 5.92 Å². The van der Waals surface area contributed by atoms with Crippen molar-refractivity contribution < 1.29 is 14.0 Å². The monoisotopic (exact) mass is 264 g/mol. The molecule has 1 atom stereocenters. The molecule has 1 aliphatic heterocycles. The van der Waals surface area contributed by atoms with Crippen LogP contribution in [0, 0.1) is 5.82 Å². The first-order valence-electron chi connectivity index (χ1n) is 6.37. The molecule has 5 heteroatoms. The number of fused-ring (bicyclic) bond motifs is 1. The molecule has 1 aliphatic rings. The molecule has 1 unspecified atom stereocenters. The number of hydrogen-bond acceptors (Lipinski definition) is 2. The maximum atomic E-state index is 13.2. The van der Waals surface area contributed by atoms with E-state index in [2.05, 4.69) is 5.32 Å². The fraction of sp³-hybridized carbons (Fsp3) is 0.429. The van der Waals surface area contributed by atoms with Crippen LogP contribution in [-0.4, -0.2) is 30.3 Å². The quantitative estimate of drug-likeness (QED) is 0.909. The van der Waals surface area contributed by atoms with Crippen LogP contribution in [0.3, 0.4) is 0 Å². The number of nitrogens with zero attached hydrogens (tertiary/aromatic N) is 1. The lowest BCUT2D eigenvalue weighted by atomic mass is 9.89. The summed E-state index contributed by atoms with van der Waals surface area (Å²) in [6.07, 6.45) is 0.975. The summed E-state index contributed by atoms with van der Waals surface area (Å²) in [5, 5.41) is 2.61. The van der Waals surface area contributed by atoms with Crippen molar-refractivity contribution in [1.29, 1.82) is 0 Å². The Balaban J connectivity index is 2.32. The molecule has 102 valence electrons. The second-order valence-corrected chi connectivity index (χ2v) is 4.80. The van der Waals surface area contributed by atoms with Crippen molar-refractivity contribution >= 4 is 17.5 Å². The second kappa shape index (κ2) is 5.38. The Morgan fingerprint density at radius 1 is 1.53 bits per heavy atom. The Bertz CT molecular complexity index is 516. The van der Waals surface area contributed by atoms with Gasteiger partial charge in [-0.3, -0.25) is 9.59 Å². The molecule has 4 nitrogen and oxygen atoms in total. The van der Waals surface area contributed by atoms with Crippen LogP contribution >= 0.6 is 0 Å². The molecule has 1 N–H and O–H groups in total. The topological polar surface area (TPSA) is 49.4 Å². The van der Waals surface area contributed by atoms with Gasteiger partial charge in [-0.2, -0.15) is 0 Å². The number of amides is 2. The number of carbonyl (C=O) groups excluding carboxylic acids is 2. The number of likely N-dealkylation sites (N-methyl/N-ethyl adjacent to an activating group) is 1. The van der Waals surface area contributed by atoms with Crippen LogP contribution in [-0.2, 0) is 9.59 Å². The van der Waals surface area contributed by atoms with E-state index in [1.54, 1.807) is 18.0 Å². The number of halogens is 1.